The number of hydrogen-bond donors (Lipinski definition) is 1. The Hall–Kier alpha value is -1.29. The first-order valence-electron chi connectivity index (χ1n) is 8.29. The summed E-state index contributed by atoms with van der Waals surface area (Å²) in [5.41, 5.74) is 1.19. The van der Waals surface area contributed by atoms with E-state index in [0.717, 1.165) is 39.0 Å². The maximum Gasteiger partial charge on any atom is 0.242 e. The van der Waals surface area contributed by atoms with Gasteiger partial charge in [0.15, 0.2) is 0 Å². The van der Waals surface area contributed by atoms with E-state index in [0.29, 0.717) is 12.5 Å². The number of likely N-dealkylation sites (tertiary alicyclic amines) is 1. The Morgan fingerprint density at radius 3 is 2.62 bits per heavy atom. The number of carbonyl (C=O) groups excluding carboxylic acids is 1. The van der Waals surface area contributed by atoms with Gasteiger partial charge in [0, 0.05) is 31.5 Å². The second-order valence-corrected chi connectivity index (χ2v) is 6.45. The highest BCUT2D eigenvalue weighted by atomic mass is 16.2. The predicted octanol–water partition coefficient (Wildman–Crippen LogP) is 2.64. The van der Waals surface area contributed by atoms with Crippen LogP contribution >= 0.6 is 0 Å². The molecule has 0 radical (unpaired) electrons. The predicted molar refractivity (Wildman–Crippen MR) is 86.0 cm³/mol. The van der Waals surface area contributed by atoms with Gasteiger partial charge in [0.1, 0.15) is 6.54 Å². The molecule has 1 N–H and O–H groups in total. The minimum Gasteiger partial charge on any atom is -0.341 e. The third-order valence-electron chi connectivity index (χ3n) is 4.05. The van der Waals surface area contributed by atoms with Gasteiger partial charge < -0.3 is 14.8 Å². The molecule has 1 amide bonds. The van der Waals surface area contributed by atoms with Crippen molar-refractivity contribution in [2.75, 3.05) is 19.6 Å². The first-order chi connectivity index (χ1) is 10.2. The number of nitrogens with one attached hydrogen (secondary N) is 1. The zero-order valence-electron chi connectivity index (χ0n) is 13.5. The van der Waals surface area contributed by atoms with Crippen molar-refractivity contribution in [2.24, 2.45) is 5.92 Å². The summed E-state index contributed by atoms with van der Waals surface area (Å²) in [6.45, 7) is 8.58. The van der Waals surface area contributed by atoms with E-state index >= 15 is 0 Å². The molecule has 0 unspecified atom stereocenters. The lowest BCUT2D eigenvalue weighted by molar-refractivity contribution is -0.131. The number of amides is 1. The minimum absolute atomic E-state index is 0.262. The van der Waals surface area contributed by atoms with Gasteiger partial charge in [-0.15, -0.1) is 0 Å². The lowest BCUT2D eigenvalue weighted by atomic mass is 10.2. The topological polar surface area (TPSA) is 37.3 Å². The summed E-state index contributed by atoms with van der Waals surface area (Å²) in [6.07, 6.45) is 6.85. The van der Waals surface area contributed by atoms with E-state index in [9.17, 15) is 4.79 Å². The highest BCUT2D eigenvalue weighted by molar-refractivity contribution is 5.76. The van der Waals surface area contributed by atoms with Crippen LogP contribution in [0.2, 0.25) is 0 Å². The molecule has 1 aliphatic heterocycles. The molecular formula is C17H29N3O. The Bertz CT molecular complexity index is 431. The molecule has 4 nitrogen and oxygen atoms in total. The van der Waals surface area contributed by atoms with Gasteiger partial charge in [-0.2, -0.15) is 0 Å². The third-order valence-corrected chi connectivity index (χ3v) is 4.05. The van der Waals surface area contributed by atoms with Gasteiger partial charge in [-0.05, 0) is 37.4 Å². The van der Waals surface area contributed by atoms with E-state index in [4.69, 9.17) is 0 Å². The molecule has 21 heavy (non-hydrogen) atoms. The average Bonchev–Trinajstić information content (AvgIpc) is 2.72. The SMILES string of the molecule is CC(C)CNCc1cccn1CC(=O)N1CCCCCC1. The van der Waals surface area contributed by atoms with Crippen molar-refractivity contribution in [1.82, 2.24) is 14.8 Å². The fraction of sp³-hybridized carbons (Fsp3) is 0.706. The van der Waals surface area contributed by atoms with Gasteiger partial charge in [0.25, 0.3) is 0 Å². The van der Waals surface area contributed by atoms with E-state index in [-0.39, 0.29) is 5.91 Å². The van der Waals surface area contributed by atoms with Crippen LogP contribution in [0.25, 0.3) is 0 Å². The van der Waals surface area contributed by atoms with Crippen molar-refractivity contribution < 1.29 is 4.79 Å². The van der Waals surface area contributed by atoms with Gasteiger partial charge in [-0.1, -0.05) is 26.7 Å². The molecule has 0 saturated carbocycles. The molecule has 2 heterocycles. The van der Waals surface area contributed by atoms with Gasteiger partial charge in [0.2, 0.25) is 5.91 Å². The van der Waals surface area contributed by atoms with E-state index in [1.165, 1.54) is 18.5 Å². The fourth-order valence-electron chi connectivity index (χ4n) is 2.82. The minimum atomic E-state index is 0.262. The van der Waals surface area contributed by atoms with Crippen LogP contribution in [0.15, 0.2) is 18.3 Å². The zero-order valence-corrected chi connectivity index (χ0v) is 13.5. The van der Waals surface area contributed by atoms with Crippen molar-refractivity contribution in [1.29, 1.82) is 0 Å². The molecule has 0 spiro atoms. The number of nitrogens with zero attached hydrogens (tertiary/aromatic N) is 2. The Morgan fingerprint density at radius 2 is 1.95 bits per heavy atom. The van der Waals surface area contributed by atoms with Crippen molar-refractivity contribution in [3.05, 3.63) is 24.0 Å². The summed E-state index contributed by atoms with van der Waals surface area (Å²) >= 11 is 0. The van der Waals surface area contributed by atoms with Crippen LogP contribution in [-0.4, -0.2) is 35.0 Å². The van der Waals surface area contributed by atoms with Gasteiger partial charge in [0.05, 0.1) is 0 Å². The smallest absolute Gasteiger partial charge is 0.242 e. The average molecular weight is 291 g/mol. The van der Waals surface area contributed by atoms with Crippen LogP contribution in [0.5, 0.6) is 0 Å². The van der Waals surface area contributed by atoms with E-state index in [1.54, 1.807) is 0 Å². The monoisotopic (exact) mass is 291 g/mol. The van der Waals surface area contributed by atoms with Crippen LogP contribution in [-0.2, 0) is 17.9 Å². The Morgan fingerprint density at radius 1 is 1.24 bits per heavy atom. The van der Waals surface area contributed by atoms with Crippen molar-refractivity contribution in [2.45, 2.75) is 52.6 Å². The van der Waals surface area contributed by atoms with E-state index in [1.807, 2.05) is 17.2 Å². The maximum absolute atomic E-state index is 12.4. The molecule has 1 aliphatic rings. The third kappa shape index (κ3) is 5.20. The maximum atomic E-state index is 12.4. The molecule has 1 saturated heterocycles. The first-order valence-corrected chi connectivity index (χ1v) is 8.29. The van der Waals surface area contributed by atoms with Crippen LogP contribution in [0.3, 0.4) is 0 Å². The van der Waals surface area contributed by atoms with Crippen LogP contribution in [0.4, 0.5) is 0 Å². The number of hydrogen-bond acceptors (Lipinski definition) is 2. The summed E-state index contributed by atoms with van der Waals surface area (Å²) in [7, 11) is 0. The fourth-order valence-corrected chi connectivity index (χ4v) is 2.82. The van der Waals surface area contributed by atoms with Crippen molar-refractivity contribution in [3.8, 4) is 0 Å². The highest BCUT2D eigenvalue weighted by Gasteiger charge is 2.16. The van der Waals surface area contributed by atoms with Gasteiger partial charge in [-0.25, -0.2) is 0 Å². The van der Waals surface area contributed by atoms with Crippen molar-refractivity contribution in [3.63, 3.8) is 0 Å². The second kappa shape index (κ2) is 8.23. The molecule has 4 heteroatoms. The zero-order chi connectivity index (χ0) is 15.1. The molecule has 118 valence electrons. The molecule has 1 fully saturated rings. The molecule has 0 bridgehead atoms. The summed E-state index contributed by atoms with van der Waals surface area (Å²) < 4.78 is 2.08. The summed E-state index contributed by atoms with van der Waals surface area (Å²) in [4.78, 5) is 14.5. The number of carbonyl (C=O) groups is 1. The molecule has 0 aliphatic carbocycles. The summed E-state index contributed by atoms with van der Waals surface area (Å²) in [6, 6.07) is 4.13. The number of rotatable bonds is 6. The van der Waals surface area contributed by atoms with E-state index in [2.05, 4.69) is 29.8 Å². The molecule has 1 aromatic rings. The standard InChI is InChI=1S/C17H29N3O/c1-15(2)12-18-13-16-8-7-11-20(16)14-17(21)19-9-5-3-4-6-10-19/h7-8,11,15,18H,3-6,9-10,12-14H2,1-2H3. The Kier molecular flexibility index (Phi) is 6.30. The van der Waals surface area contributed by atoms with Crippen molar-refractivity contribution >= 4 is 5.91 Å². The summed E-state index contributed by atoms with van der Waals surface area (Å²) in [5, 5.41) is 3.44. The van der Waals surface area contributed by atoms with Crippen LogP contribution in [0, 0.1) is 5.92 Å². The Balaban J connectivity index is 1.87. The normalized spacial score (nSPS) is 16.2. The van der Waals surface area contributed by atoms with Crippen LogP contribution in [0.1, 0.15) is 45.2 Å². The molecular weight excluding hydrogens is 262 g/mol. The summed E-state index contributed by atoms with van der Waals surface area (Å²) in [5.74, 6) is 0.908. The lowest BCUT2D eigenvalue weighted by Gasteiger charge is -2.21. The van der Waals surface area contributed by atoms with Crippen LogP contribution < -0.4 is 5.32 Å². The van der Waals surface area contributed by atoms with Gasteiger partial charge in [-0.3, -0.25) is 4.79 Å². The second-order valence-electron chi connectivity index (χ2n) is 6.45. The first kappa shape index (κ1) is 16.1. The highest BCUT2D eigenvalue weighted by Crippen LogP contribution is 2.11. The van der Waals surface area contributed by atoms with E-state index < -0.39 is 0 Å². The largest absolute Gasteiger partial charge is 0.341 e. The molecule has 1 aromatic heterocycles. The quantitative estimate of drug-likeness (QED) is 0.875. The number of aromatic nitrogens is 1. The lowest BCUT2D eigenvalue weighted by Crippen LogP contribution is -2.35. The Labute approximate surface area is 128 Å². The molecule has 0 atom stereocenters. The molecule has 0 aromatic carbocycles. The molecule has 2 rings (SSSR count). The van der Waals surface area contributed by atoms with Gasteiger partial charge >= 0.3 is 0 Å².